The molecule has 1 saturated heterocycles. The Hall–Kier alpha value is -1.27. The van der Waals surface area contributed by atoms with Crippen molar-refractivity contribution >= 4 is 21.4 Å². The minimum atomic E-state index is -3.05. The largest absolute Gasteiger partial charge is 0.399 e. The van der Waals surface area contributed by atoms with Crippen LogP contribution in [-0.2, 0) is 10.0 Å². The van der Waals surface area contributed by atoms with Crippen LogP contribution in [0.25, 0.3) is 0 Å². The average molecular weight is 255 g/mol. The Balaban J connectivity index is 2.02. The van der Waals surface area contributed by atoms with Gasteiger partial charge in [-0.15, -0.1) is 0 Å². The summed E-state index contributed by atoms with van der Waals surface area (Å²) in [5.41, 5.74) is 7.46. The van der Waals surface area contributed by atoms with E-state index in [4.69, 9.17) is 5.73 Å². The van der Waals surface area contributed by atoms with E-state index in [0.717, 1.165) is 24.5 Å². The first-order chi connectivity index (χ1) is 7.97. The van der Waals surface area contributed by atoms with Crippen molar-refractivity contribution in [3.63, 3.8) is 0 Å². The van der Waals surface area contributed by atoms with Gasteiger partial charge in [-0.2, -0.15) is 4.31 Å². The summed E-state index contributed by atoms with van der Waals surface area (Å²) in [5.74, 6) is 0. The Morgan fingerprint density at radius 2 is 1.59 bits per heavy atom. The van der Waals surface area contributed by atoms with Gasteiger partial charge in [0, 0.05) is 37.6 Å². The number of hydrogen-bond donors (Lipinski definition) is 1. The fourth-order valence-corrected chi connectivity index (χ4v) is 2.79. The second-order valence-electron chi connectivity index (χ2n) is 4.24. The number of rotatable bonds is 2. The summed E-state index contributed by atoms with van der Waals surface area (Å²) < 4.78 is 24.2. The molecule has 0 aromatic heterocycles. The minimum Gasteiger partial charge on any atom is -0.399 e. The molecule has 0 bridgehead atoms. The Bertz CT molecular complexity index is 476. The van der Waals surface area contributed by atoms with E-state index in [1.54, 1.807) is 0 Å². The van der Waals surface area contributed by atoms with Gasteiger partial charge in [-0.3, -0.25) is 0 Å². The van der Waals surface area contributed by atoms with Crippen LogP contribution >= 0.6 is 0 Å². The fraction of sp³-hybridized carbons (Fsp3) is 0.455. The number of hydrogen-bond acceptors (Lipinski definition) is 4. The summed E-state index contributed by atoms with van der Waals surface area (Å²) in [6.07, 6.45) is 1.26. The van der Waals surface area contributed by atoms with E-state index in [1.165, 1.54) is 10.6 Å². The van der Waals surface area contributed by atoms with Crippen molar-refractivity contribution in [2.75, 3.05) is 43.1 Å². The number of sulfonamides is 1. The molecule has 17 heavy (non-hydrogen) atoms. The molecule has 1 heterocycles. The molecule has 5 nitrogen and oxygen atoms in total. The predicted molar refractivity (Wildman–Crippen MR) is 69.5 cm³/mol. The summed E-state index contributed by atoms with van der Waals surface area (Å²) >= 11 is 0. The van der Waals surface area contributed by atoms with Gasteiger partial charge in [0.1, 0.15) is 0 Å². The standard InChI is InChI=1S/C11H17N3O2S/c1-17(15,16)14-8-6-13(7-9-14)11-4-2-10(12)3-5-11/h2-5H,6-9,12H2,1H3. The van der Waals surface area contributed by atoms with Gasteiger partial charge in [-0.1, -0.05) is 0 Å². The van der Waals surface area contributed by atoms with E-state index in [-0.39, 0.29) is 0 Å². The first-order valence-electron chi connectivity index (χ1n) is 5.52. The van der Waals surface area contributed by atoms with Gasteiger partial charge in [0.05, 0.1) is 6.26 Å². The first-order valence-corrected chi connectivity index (χ1v) is 7.37. The van der Waals surface area contributed by atoms with Crippen LogP contribution in [0.1, 0.15) is 0 Å². The van der Waals surface area contributed by atoms with Crippen molar-refractivity contribution in [2.45, 2.75) is 0 Å². The van der Waals surface area contributed by atoms with E-state index < -0.39 is 10.0 Å². The Kier molecular flexibility index (Phi) is 3.26. The maximum atomic E-state index is 11.4. The van der Waals surface area contributed by atoms with Crippen LogP contribution < -0.4 is 10.6 Å². The summed E-state index contributed by atoms with van der Waals surface area (Å²) in [6, 6.07) is 7.65. The lowest BCUT2D eigenvalue weighted by Crippen LogP contribution is -2.48. The molecular formula is C11H17N3O2S. The molecule has 94 valence electrons. The van der Waals surface area contributed by atoms with E-state index in [2.05, 4.69) is 4.90 Å². The second-order valence-corrected chi connectivity index (χ2v) is 6.22. The zero-order valence-electron chi connectivity index (χ0n) is 9.83. The Morgan fingerprint density at radius 3 is 2.06 bits per heavy atom. The number of benzene rings is 1. The topological polar surface area (TPSA) is 66.6 Å². The molecule has 1 aliphatic heterocycles. The smallest absolute Gasteiger partial charge is 0.211 e. The summed E-state index contributed by atoms with van der Waals surface area (Å²) in [6.45, 7) is 2.53. The molecule has 2 rings (SSSR count). The van der Waals surface area contributed by atoms with Crippen molar-refractivity contribution in [3.8, 4) is 0 Å². The van der Waals surface area contributed by atoms with Crippen molar-refractivity contribution in [3.05, 3.63) is 24.3 Å². The third-order valence-electron chi connectivity index (χ3n) is 2.97. The van der Waals surface area contributed by atoms with E-state index in [0.29, 0.717) is 13.1 Å². The molecule has 2 N–H and O–H groups in total. The highest BCUT2D eigenvalue weighted by molar-refractivity contribution is 7.88. The maximum Gasteiger partial charge on any atom is 0.211 e. The lowest BCUT2D eigenvalue weighted by atomic mass is 10.2. The highest BCUT2D eigenvalue weighted by Crippen LogP contribution is 2.18. The SMILES string of the molecule is CS(=O)(=O)N1CCN(c2ccc(N)cc2)CC1. The third-order valence-corrected chi connectivity index (χ3v) is 4.27. The quantitative estimate of drug-likeness (QED) is 0.774. The highest BCUT2D eigenvalue weighted by atomic mass is 32.2. The summed E-state index contributed by atoms with van der Waals surface area (Å²) in [7, 11) is -3.05. The Labute approximate surface area is 102 Å². The van der Waals surface area contributed by atoms with Crippen LogP contribution in [0.5, 0.6) is 0 Å². The number of anilines is 2. The molecule has 0 amide bonds. The molecule has 0 radical (unpaired) electrons. The third kappa shape index (κ3) is 2.89. The van der Waals surface area contributed by atoms with E-state index in [9.17, 15) is 8.42 Å². The molecule has 0 aliphatic carbocycles. The van der Waals surface area contributed by atoms with Crippen LogP contribution in [-0.4, -0.2) is 45.2 Å². The maximum absolute atomic E-state index is 11.4. The minimum absolute atomic E-state index is 0.545. The molecule has 0 spiro atoms. The van der Waals surface area contributed by atoms with Crippen molar-refractivity contribution < 1.29 is 8.42 Å². The van der Waals surface area contributed by atoms with Gasteiger partial charge >= 0.3 is 0 Å². The summed E-state index contributed by atoms with van der Waals surface area (Å²) in [5, 5.41) is 0. The van der Waals surface area contributed by atoms with Gasteiger partial charge in [0.25, 0.3) is 0 Å². The van der Waals surface area contributed by atoms with Gasteiger partial charge < -0.3 is 10.6 Å². The van der Waals surface area contributed by atoms with Crippen LogP contribution in [0, 0.1) is 0 Å². The molecule has 1 aromatic rings. The van der Waals surface area contributed by atoms with Gasteiger partial charge in [-0.05, 0) is 24.3 Å². The first kappa shape index (κ1) is 12.2. The zero-order chi connectivity index (χ0) is 12.5. The molecular weight excluding hydrogens is 238 g/mol. The number of piperazine rings is 1. The molecule has 6 heteroatoms. The zero-order valence-corrected chi connectivity index (χ0v) is 10.7. The normalized spacial score (nSPS) is 18.3. The molecule has 0 unspecified atom stereocenters. The van der Waals surface area contributed by atoms with Gasteiger partial charge in [0.15, 0.2) is 0 Å². The van der Waals surface area contributed by atoms with Crippen LogP contribution in [0.2, 0.25) is 0 Å². The number of nitrogens with two attached hydrogens (primary N) is 1. The monoisotopic (exact) mass is 255 g/mol. The van der Waals surface area contributed by atoms with E-state index >= 15 is 0 Å². The number of nitrogen functional groups attached to an aromatic ring is 1. The van der Waals surface area contributed by atoms with E-state index in [1.807, 2.05) is 24.3 Å². The van der Waals surface area contributed by atoms with Crippen LogP contribution in [0.3, 0.4) is 0 Å². The molecule has 1 aliphatic rings. The summed E-state index contributed by atoms with van der Waals surface area (Å²) in [4.78, 5) is 2.17. The van der Waals surface area contributed by atoms with Crippen molar-refractivity contribution in [1.82, 2.24) is 4.31 Å². The average Bonchev–Trinajstić information content (AvgIpc) is 2.29. The molecule has 0 saturated carbocycles. The lowest BCUT2D eigenvalue weighted by Gasteiger charge is -2.34. The highest BCUT2D eigenvalue weighted by Gasteiger charge is 2.23. The molecule has 0 atom stereocenters. The van der Waals surface area contributed by atoms with Crippen LogP contribution in [0.4, 0.5) is 11.4 Å². The number of nitrogens with zero attached hydrogens (tertiary/aromatic N) is 2. The molecule has 1 fully saturated rings. The van der Waals surface area contributed by atoms with Crippen LogP contribution in [0.15, 0.2) is 24.3 Å². The van der Waals surface area contributed by atoms with Crippen molar-refractivity contribution in [2.24, 2.45) is 0 Å². The lowest BCUT2D eigenvalue weighted by molar-refractivity contribution is 0.388. The predicted octanol–water partition coefficient (Wildman–Crippen LogP) is 0.350. The molecule has 1 aromatic carbocycles. The van der Waals surface area contributed by atoms with Gasteiger partial charge in [-0.25, -0.2) is 8.42 Å². The second kappa shape index (κ2) is 4.54. The Morgan fingerprint density at radius 1 is 1.06 bits per heavy atom. The fourth-order valence-electron chi connectivity index (χ4n) is 1.96. The van der Waals surface area contributed by atoms with Gasteiger partial charge in [0.2, 0.25) is 10.0 Å². The van der Waals surface area contributed by atoms with Crippen molar-refractivity contribution in [1.29, 1.82) is 0 Å².